The second-order valence-corrected chi connectivity index (χ2v) is 7.29. The van der Waals surface area contributed by atoms with Crippen molar-refractivity contribution in [1.82, 2.24) is 20.1 Å². The van der Waals surface area contributed by atoms with Gasteiger partial charge in [0.25, 0.3) is 5.91 Å². The summed E-state index contributed by atoms with van der Waals surface area (Å²) in [6.07, 6.45) is 2.67. The number of methoxy groups -OCH3 is 1. The standard InChI is InChI=1S/C22H22F2N4O2/c1-30-21-17(23)9-8-16(20(21)24)22(29)25-15-7-10-18-26-27-19(28(18)12-11-15)13-14-5-3-2-4-6-14/h2-6,8-9,15H,7,10-13H2,1H3,(H,25,29). The number of benzene rings is 2. The van der Waals surface area contributed by atoms with Gasteiger partial charge >= 0.3 is 0 Å². The first-order valence-corrected chi connectivity index (χ1v) is 9.84. The van der Waals surface area contributed by atoms with E-state index in [4.69, 9.17) is 4.74 Å². The van der Waals surface area contributed by atoms with E-state index in [2.05, 4.69) is 20.1 Å². The Morgan fingerprint density at radius 3 is 2.73 bits per heavy atom. The average molecular weight is 412 g/mol. The molecule has 0 spiro atoms. The van der Waals surface area contributed by atoms with Crippen LogP contribution in [0.1, 0.15) is 40.4 Å². The van der Waals surface area contributed by atoms with Crippen molar-refractivity contribution in [3.63, 3.8) is 0 Å². The number of rotatable bonds is 5. The summed E-state index contributed by atoms with van der Waals surface area (Å²) in [7, 11) is 1.16. The summed E-state index contributed by atoms with van der Waals surface area (Å²) in [5.74, 6) is -1.21. The maximum Gasteiger partial charge on any atom is 0.254 e. The number of nitrogens with one attached hydrogen (secondary N) is 1. The molecular weight excluding hydrogens is 390 g/mol. The fourth-order valence-electron chi connectivity index (χ4n) is 3.76. The molecule has 2 heterocycles. The number of fused-ring (bicyclic) bond motifs is 1. The zero-order valence-corrected chi connectivity index (χ0v) is 16.6. The van der Waals surface area contributed by atoms with Crippen LogP contribution in [-0.4, -0.2) is 33.8 Å². The van der Waals surface area contributed by atoms with Crippen LogP contribution < -0.4 is 10.1 Å². The van der Waals surface area contributed by atoms with E-state index in [0.717, 1.165) is 36.5 Å². The highest BCUT2D eigenvalue weighted by molar-refractivity contribution is 5.95. The number of carbonyl (C=O) groups excluding carboxylic acids is 1. The molecule has 0 fully saturated rings. The molecule has 0 aliphatic carbocycles. The van der Waals surface area contributed by atoms with Crippen molar-refractivity contribution < 1.29 is 18.3 Å². The van der Waals surface area contributed by atoms with Gasteiger partial charge in [-0.2, -0.15) is 0 Å². The third-order valence-electron chi connectivity index (χ3n) is 5.36. The summed E-state index contributed by atoms with van der Waals surface area (Å²) in [5.41, 5.74) is 0.921. The molecular formula is C22H22F2N4O2. The van der Waals surface area contributed by atoms with Crippen molar-refractivity contribution in [3.05, 3.63) is 76.9 Å². The number of hydrogen-bond acceptors (Lipinski definition) is 4. The maximum absolute atomic E-state index is 14.4. The van der Waals surface area contributed by atoms with Gasteiger partial charge in [0, 0.05) is 25.4 Å². The molecule has 1 aromatic heterocycles. The summed E-state index contributed by atoms with van der Waals surface area (Å²) in [5, 5.41) is 11.5. The van der Waals surface area contributed by atoms with E-state index in [-0.39, 0.29) is 11.6 Å². The molecule has 156 valence electrons. The van der Waals surface area contributed by atoms with Crippen molar-refractivity contribution in [1.29, 1.82) is 0 Å². The van der Waals surface area contributed by atoms with Crippen LogP contribution in [0.4, 0.5) is 8.78 Å². The Hall–Kier alpha value is -3.29. The topological polar surface area (TPSA) is 69.0 Å². The molecule has 6 nitrogen and oxygen atoms in total. The van der Waals surface area contributed by atoms with Crippen LogP contribution in [0.5, 0.6) is 5.75 Å². The van der Waals surface area contributed by atoms with Crippen LogP contribution in [-0.2, 0) is 19.4 Å². The molecule has 0 radical (unpaired) electrons. The van der Waals surface area contributed by atoms with Crippen molar-refractivity contribution in [2.45, 2.75) is 38.3 Å². The molecule has 3 aromatic rings. The molecule has 0 bridgehead atoms. The number of ether oxygens (including phenoxy) is 1. The average Bonchev–Trinajstić information content (AvgIpc) is 3.00. The highest BCUT2D eigenvalue weighted by atomic mass is 19.1. The lowest BCUT2D eigenvalue weighted by molar-refractivity contribution is 0.0928. The zero-order chi connectivity index (χ0) is 21.1. The largest absolute Gasteiger partial charge is 0.491 e. The third kappa shape index (κ3) is 4.03. The van der Waals surface area contributed by atoms with Crippen LogP contribution in [0, 0.1) is 11.6 Å². The van der Waals surface area contributed by atoms with Crippen LogP contribution in [0.3, 0.4) is 0 Å². The molecule has 1 aliphatic rings. The van der Waals surface area contributed by atoms with E-state index in [1.54, 1.807) is 0 Å². The summed E-state index contributed by atoms with van der Waals surface area (Å²) in [4.78, 5) is 12.6. The number of nitrogens with zero attached hydrogens (tertiary/aromatic N) is 3. The lowest BCUT2D eigenvalue weighted by atomic mass is 10.1. The molecule has 30 heavy (non-hydrogen) atoms. The first-order valence-electron chi connectivity index (χ1n) is 9.84. The molecule has 1 aliphatic heterocycles. The second-order valence-electron chi connectivity index (χ2n) is 7.29. The molecule has 1 amide bonds. The van der Waals surface area contributed by atoms with Crippen molar-refractivity contribution >= 4 is 5.91 Å². The fraction of sp³-hybridized carbons (Fsp3) is 0.318. The Morgan fingerprint density at radius 2 is 1.97 bits per heavy atom. The van der Waals surface area contributed by atoms with E-state index in [1.165, 1.54) is 0 Å². The summed E-state index contributed by atoms with van der Waals surface area (Å²) >= 11 is 0. The van der Waals surface area contributed by atoms with Crippen LogP contribution >= 0.6 is 0 Å². The molecule has 1 atom stereocenters. The highest BCUT2D eigenvalue weighted by Gasteiger charge is 2.24. The number of halogens is 2. The number of hydrogen-bond donors (Lipinski definition) is 1. The number of aryl methyl sites for hydroxylation is 1. The lowest BCUT2D eigenvalue weighted by Gasteiger charge is -2.17. The monoisotopic (exact) mass is 412 g/mol. The molecule has 8 heteroatoms. The fourth-order valence-corrected chi connectivity index (χ4v) is 3.76. The molecule has 1 N–H and O–H groups in total. The summed E-state index contributed by atoms with van der Waals surface area (Å²) in [6.45, 7) is 0.657. The van der Waals surface area contributed by atoms with Gasteiger partial charge in [0.15, 0.2) is 17.4 Å². The van der Waals surface area contributed by atoms with Gasteiger partial charge in [-0.3, -0.25) is 4.79 Å². The first kappa shape index (κ1) is 20.0. The van der Waals surface area contributed by atoms with E-state index in [1.807, 2.05) is 30.3 Å². The van der Waals surface area contributed by atoms with Crippen LogP contribution in [0.25, 0.3) is 0 Å². The van der Waals surface area contributed by atoms with Crippen molar-refractivity contribution in [2.24, 2.45) is 0 Å². The predicted molar refractivity (Wildman–Crippen MR) is 106 cm³/mol. The minimum atomic E-state index is -0.995. The first-order chi connectivity index (χ1) is 14.6. The summed E-state index contributed by atoms with van der Waals surface area (Å²) < 4.78 is 34.8. The quantitative estimate of drug-likeness (QED) is 0.698. The number of carbonyl (C=O) groups is 1. The minimum absolute atomic E-state index is 0.153. The Morgan fingerprint density at radius 1 is 1.17 bits per heavy atom. The van der Waals surface area contributed by atoms with Gasteiger partial charge in [0.2, 0.25) is 0 Å². The van der Waals surface area contributed by atoms with Gasteiger partial charge in [0.05, 0.1) is 12.7 Å². The Kier molecular flexibility index (Phi) is 5.74. The molecule has 0 saturated heterocycles. The Bertz CT molecular complexity index is 1050. The zero-order valence-electron chi connectivity index (χ0n) is 16.6. The Labute approximate surface area is 172 Å². The van der Waals surface area contributed by atoms with Gasteiger partial charge in [-0.05, 0) is 30.5 Å². The van der Waals surface area contributed by atoms with Crippen LogP contribution in [0.2, 0.25) is 0 Å². The van der Waals surface area contributed by atoms with Crippen LogP contribution in [0.15, 0.2) is 42.5 Å². The van der Waals surface area contributed by atoms with Gasteiger partial charge in [0.1, 0.15) is 11.6 Å². The molecule has 0 saturated carbocycles. The number of amides is 1. The number of aromatic nitrogens is 3. The SMILES string of the molecule is COc1c(F)ccc(C(=O)NC2CCc3nnc(Cc4ccccc4)n3CC2)c1F. The normalized spacial score (nSPS) is 15.9. The lowest BCUT2D eigenvalue weighted by Crippen LogP contribution is -2.35. The smallest absolute Gasteiger partial charge is 0.254 e. The van der Waals surface area contributed by atoms with Gasteiger partial charge in [-0.1, -0.05) is 30.3 Å². The van der Waals surface area contributed by atoms with Crippen molar-refractivity contribution in [3.8, 4) is 5.75 Å². The maximum atomic E-state index is 14.4. The van der Waals surface area contributed by atoms with E-state index in [9.17, 15) is 13.6 Å². The van der Waals surface area contributed by atoms with E-state index >= 15 is 0 Å². The third-order valence-corrected chi connectivity index (χ3v) is 5.36. The van der Waals surface area contributed by atoms with Gasteiger partial charge in [-0.15, -0.1) is 10.2 Å². The molecule has 2 aromatic carbocycles. The highest BCUT2D eigenvalue weighted by Crippen LogP contribution is 2.25. The van der Waals surface area contributed by atoms with Gasteiger partial charge in [-0.25, -0.2) is 8.78 Å². The second kappa shape index (κ2) is 8.61. The van der Waals surface area contributed by atoms with Gasteiger partial charge < -0.3 is 14.6 Å². The summed E-state index contributed by atoms with van der Waals surface area (Å²) in [6, 6.07) is 12.1. The Balaban J connectivity index is 1.44. The van der Waals surface area contributed by atoms with E-state index in [0.29, 0.717) is 32.2 Å². The molecule has 4 rings (SSSR count). The molecule has 1 unspecified atom stereocenters. The van der Waals surface area contributed by atoms with Crippen molar-refractivity contribution in [2.75, 3.05) is 7.11 Å². The predicted octanol–water partition coefficient (Wildman–Crippen LogP) is 3.29. The van der Waals surface area contributed by atoms with E-state index < -0.39 is 23.3 Å². The minimum Gasteiger partial charge on any atom is -0.491 e.